The first-order valence-electron chi connectivity index (χ1n) is 8.83. The summed E-state index contributed by atoms with van der Waals surface area (Å²) in [5, 5.41) is 11.0. The van der Waals surface area contributed by atoms with Crippen LogP contribution in [0, 0.1) is 0 Å². The maximum atomic E-state index is 9.48. The van der Waals surface area contributed by atoms with E-state index >= 15 is 0 Å². The van der Waals surface area contributed by atoms with Crippen molar-refractivity contribution in [2.75, 3.05) is 6.61 Å². The van der Waals surface area contributed by atoms with E-state index in [-0.39, 0.29) is 0 Å². The lowest BCUT2D eigenvalue weighted by Crippen LogP contribution is -2.29. The first-order valence-corrected chi connectivity index (χ1v) is 12.0. The number of allylic oxidation sites excluding steroid dienone is 4. The van der Waals surface area contributed by atoms with Gasteiger partial charge >= 0.3 is 0 Å². The Morgan fingerprint density at radius 3 is 2.54 bits per heavy atom. The Hall–Kier alpha value is -1.90. The Balaban J connectivity index is 1.85. The van der Waals surface area contributed by atoms with Crippen LogP contribution in [0.25, 0.3) is 16.7 Å². The second kappa shape index (κ2) is 5.87. The van der Waals surface area contributed by atoms with Crippen LogP contribution in [-0.4, -0.2) is 19.8 Å². The van der Waals surface area contributed by atoms with Crippen molar-refractivity contribution in [2.24, 2.45) is 0 Å². The van der Waals surface area contributed by atoms with Gasteiger partial charge in [0.1, 0.15) is 0 Å². The molecule has 0 aliphatic heterocycles. The molecule has 2 heteroatoms. The summed E-state index contributed by atoms with van der Waals surface area (Å²) in [6, 6.07) is 16.5. The molecule has 0 heterocycles. The summed E-state index contributed by atoms with van der Waals surface area (Å²) < 4.78 is 0. The highest BCUT2D eigenvalue weighted by Gasteiger charge is 2.30. The summed E-state index contributed by atoms with van der Waals surface area (Å²) in [5.41, 5.74) is 8.67. The number of aliphatic hydroxyl groups excluding tert-OH is 1. The molecule has 2 aromatic carbocycles. The first kappa shape index (κ1) is 15.6. The largest absolute Gasteiger partial charge is 0.397 e. The van der Waals surface area contributed by atoms with Gasteiger partial charge in [-0.1, -0.05) is 72.9 Å². The zero-order chi connectivity index (χ0) is 16.7. The number of fused-ring (bicyclic) bond motifs is 3. The van der Waals surface area contributed by atoms with Gasteiger partial charge in [0.2, 0.25) is 0 Å². The second-order valence-electron chi connectivity index (χ2n) is 7.52. The molecule has 0 radical (unpaired) electrons. The van der Waals surface area contributed by atoms with Crippen LogP contribution in [0.15, 0.2) is 59.8 Å². The highest BCUT2D eigenvalue weighted by molar-refractivity contribution is 6.86. The van der Waals surface area contributed by atoms with Gasteiger partial charge in [0.25, 0.3) is 0 Å². The Morgan fingerprint density at radius 1 is 0.958 bits per heavy atom. The van der Waals surface area contributed by atoms with Crippen LogP contribution in [0.1, 0.15) is 23.1 Å². The predicted molar refractivity (Wildman–Crippen MR) is 105 cm³/mol. The Bertz CT molecular complexity index is 858. The maximum absolute atomic E-state index is 9.48. The smallest absolute Gasteiger partial charge is 0.0832 e. The average molecular weight is 333 g/mol. The van der Waals surface area contributed by atoms with Gasteiger partial charge in [0, 0.05) is 6.61 Å². The normalized spacial score (nSPS) is 15.8. The summed E-state index contributed by atoms with van der Waals surface area (Å²) in [6.45, 7) is 5.06. The molecule has 0 saturated heterocycles. The molecule has 24 heavy (non-hydrogen) atoms. The van der Waals surface area contributed by atoms with E-state index in [1.54, 1.807) is 0 Å². The maximum Gasteiger partial charge on any atom is 0.0832 e. The first-order chi connectivity index (χ1) is 11.6. The molecule has 0 saturated carbocycles. The molecule has 4 rings (SSSR count). The van der Waals surface area contributed by atoms with Gasteiger partial charge < -0.3 is 5.11 Å². The number of hydrogen-bond donors (Lipinski definition) is 1. The number of benzene rings is 2. The van der Waals surface area contributed by atoms with Gasteiger partial charge in [-0.25, -0.2) is 0 Å². The molecular weight excluding hydrogens is 308 g/mol. The van der Waals surface area contributed by atoms with E-state index in [2.05, 4.69) is 67.7 Å². The molecule has 0 bridgehead atoms. The molecule has 1 N–H and O–H groups in total. The molecule has 122 valence electrons. The third-order valence-corrected chi connectivity index (χ3v) is 8.97. The Kier molecular flexibility index (Phi) is 3.82. The van der Waals surface area contributed by atoms with E-state index in [1.165, 1.54) is 38.6 Å². The minimum atomic E-state index is -1.59. The van der Waals surface area contributed by atoms with Crippen LogP contribution >= 0.6 is 0 Å². The number of hydrogen-bond acceptors (Lipinski definition) is 1. The van der Waals surface area contributed by atoms with E-state index in [9.17, 15) is 5.11 Å². The van der Waals surface area contributed by atoms with Crippen LogP contribution in [0.4, 0.5) is 0 Å². The topological polar surface area (TPSA) is 20.2 Å². The Labute approximate surface area is 145 Å². The van der Waals surface area contributed by atoms with Crippen molar-refractivity contribution in [1.82, 2.24) is 0 Å². The summed E-state index contributed by atoms with van der Waals surface area (Å²) in [4.78, 5) is 0. The minimum absolute atomic E-state index is 0.294. The standard InChI is InChI=1S/C22H24OSi/c1-24(2,14-13-23)22-12-6-11-20(22)19-10-5-9-18-17-8-4-3-7-16(17)15-21(18)19/h3-10,12,23H,11,13-15H2,1-2H3. The number of rotatable bonds is 4. The lowest BCUT2D eigenvalue weighted by Gasteiger charge is -2.25. The van der Waals surface area contributed by atoms with Crippen LogP contribution < -0.4 is 0 Å². The average Bonchev–Trinajstić information content (AvgIpc) is 3.19. The van der Waals surface area contributed by atoms with Gasteiger partial charge in [0.05, 0.1) is 8.07 Å². The van der Waals surface area contributed by atoms with Gasteiger partial charge in [-0.15, -0.1) is 0 Å². The zero-order valence-corrected chi connectivity index (χ0v) is 15.5. The van der Waals surface area contributed by atoms with E-state index < -0.39 is 8.07 Å². The van der Waals surface area contributed by atoms with Crippen molar-refractivity contribution in [3.05, 3.63) is 76.5 Å². The molecule has 2 aliphatic rings. The fourth-order valence-corrected chi connectivity index (χ4v) is 6.70. The lowest BCUT2D eigenvalue weighted by atomic mass is 9.95. The molecule has 0 atom stereocenters. The quantitative estimate of drug-likeness (QED) is 0.650. The van der Waals surface area contributed by atoms with E-state index in [1.807, 2.05) is 0 Å². The monoisotopic (exact) mass is 332 g/mol. The van der Waals surface area contributed by atoms with Crippen molar-refractivity contribution in [1.29, 1.82) is 0 Å². The molecular formula is C22H24OSi. The summed E-state index contributed by atoms with van der Waals surface area (Å²) in [6.07, 6.45) is 6.71. The van der Waals surface area contributed by atoms with Crippen molar-refractivity contribution < 1.29 is 5.11 Å². The van der Waals surface area contributed by atoms with Crippen LogP contribution in [0.2, 0.25) is 19.1 Å². The van der Waals surface area contributed by atoms with E-state index in [0.717, 1.165) is 18.9 Å². The predicted octanol–water partition coefficient (Wildman–Crippen LogP) is 5.21. The van der Waals surface area contributed by atoms with Crippen LogP contribution in [-0.2, 0) is 6.42 Å². The minimum Gasteiger partial charge on any atom is -0.397 e. The number of aliphatic hydroxyl groups is 1. The van der Waals surface area contributed by atoms with E-state index in [0.29, 0.717) is 6.61 Å². The van der Waals surface area contributed by atoms with Crippen molar-refractivity contribution >= 4 is 13.6 Å². The highest BCUT2D eigenvalue weighted by atomic mass is 28.3. The fourth-order valence-electron chi connectivity index (χ4n) is 4.25. The van der Waals surface area contributed by atoms with E-state index in [4.69, 9.17) is 0 Å². The van der Waals surface area contributed by atoms with Gasteiger partial charge in [-0.2, -0.15) is 0 Å². The van der Waals surface area contributed by atoms with Crippen molar-refractivity contribution in [3.63, 3.8) is 0 Å². The molecule has 1 nitrogen and oxygen atoms in total. The molecule has 0 unspecified atom stereocenters. The summed E-state index contributed by atoms with van der Waals surface area (Å²) >= 11 is 0. The zero-order valence-electron chi connectivity index (χ0n) is 14.5. The lowest BCUT2D eigenvalue weighted by molar-refractivity contribution is 0.316. The van der Waals surface area contributed by atoms with Gasteiger partial charge in [-0.05, 0) is 52.3 Å². The van der Waals surface area contributed by atoms with Crippen molar-refractivity contribution in [3.8, 4) is 11.1 Å². The van der Waals surface area contributed by atoms with Gasteiger partial charge in [0.15, 0.2) is 0 Å². The second-order valence-corrected chi connectivity index (χ2v) is 12.3. The van der Waals surface area contributed by atoms with Crippen LogP contribution in [0.5, 0.6) is 0 Å². The highest BCUT2D eigenvalue weighted by Crippen LogP contribution is 2.44. The van der Waals surface area contributed by atoms with Crippen LogP contribution in [0.3, 0.4) is 0 Å². The fraction of sp³-hybridized carbons (Fsp3) is 0.273. The summed E-state index contributed by atoms with van der Waals surface area (Å²) in [5.74, 6) is 0. The summed E-state index contributed by atoms with van der Waals surface area (Å²) in [7, 11) is -1.59. The molecule has 0 amide bonds. The third kappa shape index (κ3) is 2.41. The molecule has 2 aliphatic carbocycles. The van der Waals surface area contributed by atoms with Crippen molar-refractivity contribution in [2.45, 2.75) is 32.0 Å². The third-order valence-electron chi connectivity index (χ3n) is 5.57. The molecule has 0 aromatic heterocycles. The molecule has 0 spiro atoms. The molecule has 0 fully saturated rings. The molecule has 2 aromatic rings. The SMILES string of the molecule is C[Si](C)(CCO)C1=C(c2cccc3c2Cc2ccccc2-3)CC=C1. The van der Waals surface area contributed by atoms with Gasteiger partial charge in [-0.3, -0.25) is 0 Å². The Morgan fingerprint density at radius 2 is 1.71 bits per heavy atom.